The van der Waals surface area contributed by atoms with E-state index in [4.69, 9.17) is 13.9 Å². The predicted octanol–water partition coefficient (Wildman–Crippen LogP) is 5.86. The lowest BCUT2D eigenvalue weighted by Crippen LogP contribution is -2.44. The molecule has 2 aromatic carbocycles. The lowest BCUT2D eigenvalue weighted by atomic mass is 10.2. The van der Waals surface area contributed by atoms with Crippen molar-refractivity contribution in [2.45, 2.75) is 70.7 Å². The minimum atomic E-state index is -2.17. The highest BCUT2D eigenvalue weighted by Crippen LogP contribution is 2.39. The van der Waals surface area contributed by atoms with Crippen molar-refractivity contribution in [1.82, 2.24) is 9.91 Å². The fourth-order valence-corrected chi connectivity index (χ4v) is 5.33. The van der Waals surface area contributed by atoms with Gasteiger partial charge in [-0.05, 0) is 59.9 Å². The maximum absolute atomic E-state index is 13.2. The minimum Gasteiger partial charge on any atom is -0.445 e. The molecule has 0 aliphatic carbocycles. The number of rotatable bonds is 10. The number of ether oxygens (including phenoxy) is 2. The number of amides is 2. The van der Waals surface area contributed by atoms with Crippen LogP contribution in [0.1, 0.15) is 38.3 Å². The molecule has 3 rings (SSSR count). The molecule has 0 radical (unpaired) electrons. The zero-order valence-electron chi connectivity index (χ0n) is 25.1. The number of hydrogen-bond donors (Lipinski definition) is 0. The van der Waals surface area contributed by atoms with Gasteiger partial charge in [-0.15, -0.1) is 0 Å². The van der Waals surface area contributed by atoms with Crippen LogP contribution in [0.2, 0.25) is 18.1 Å². The Bertz CT molecular complexity index is 1340. The predicted molar refractivity (Wildman–Crippen MR) is 160 cm³/mol. The van der Waals surface area contributed by atoms with E-state index in [0.29, 0.717) is 17.5 Å². The number of nitro groups is 2. The molecule has 2 amide bonds. The molecule has 0 bridgehead atoms. The van der Waals surface area contributed by atoms with Gasteiger partial charge in [-0.3, -0.25) is 25.1 Å². The molecule has 0 saturated carbocycles. The number of likely N-dealkylation sites (tertiary alicyclic amines) is 1. The molecule has 0 unspecified atom stereocenters. The third kappa shape index (κ3) is 9.05. The van der Waals surface area contributed by atoms with Crippen molar-refractivity contribution in [1.29, 1.82) is 0 Å². The number of benzene rings is 2. The van der Waals surface area contributed by atoms with Gasteiger partial charge < -0.3 is 13.9 Å². The van der Waals surface area contributed by atoms with Gasteiger partial charge in [0.25, 0.3) is 11.4 Å². The SMILES string of the molecule is CN(N=C[C@@H]1C[C@@H](O[Si](C)(C)C(C)(C)C)CN1C(=O)OCc1ccc([N+](=O)[O-])cc1)C(=O)OCc1ccc([N+](=O)[O-])cc1. The lowest BCUT2D eigenvalue weighted by molar-refractivity contribution is -0.385. The van der Waals surface area contributed by atoms with Crippen LogP contribution in [-0.4, -0.2) is 72.2 Å². The Morgan fingerprint density at radius 1 is 0.977 bits per heavy atom. The Labute approximate surface area is 250 Å². The first-order valence-corrected chi connectivity index (χ1v) is 16.5. The summed E-state index contributed by atoms with van der Waals surface area (Å²) in [5.41, 5.74) is 1.03. The van der Waals surface area contributed by atoms with Crippen LogP contribution in [0.4, 0.5) is 21.0 Å². The third-order valence-electron chi connectivity index (χ3n) is 7.50. The fraction of sp³-hybridized carbons (Fsp3) is 0.464. The van der Waals surface area contributed by atoms with E-state index in [0.717, 1.165) is 5.01 Å². The van der Waals surface area contributed by atoms with E-state index < -0.39 is 36.4 Å². The summed E-state index contributed by atoms with van der Waals surface area (Å²) in [5, 5.41) is 26.9. The van der Waals surface area contributed by atoms with Crippen LogP contribution in [0.5, 0.6) is 0 Å². The lowest BCUT2D eigenvalue weighted by Gasteiger charge is -2.38. The van der Waals surface area contributed by atoms with Crippen LogP contribution in [0.15, 0.2) is 53.6 Å². The van der Waals surface area contributed by atoms with Crippen LogP contribution in [0.3, 0.4) is 0 Å². The summed E-state index contributed by atoms with van der Waals surface area (Å²) in [6.45, 7) is 10.7. The zero-order chi connectivity index (χ0) is 31.9. The molecule has 15 heteroatoms. The molecule has 1 aliphatic heterocycles. The first-order chi connectivity index (χ1) is 20.1. The topological polar surface area (TPSA) is 167 Å². The van der Waals surface area contributed by atoms with Gasteiger partial charge in [0.2, 0.25) is 0 Å². The normalized spacial score (nSPS) is 17.1. The van der Waals surface area contributed by atoms with Gasteiger partial charge in [-0.1, -0.05) is 20.8 Å². The Balaban J connectivity index is 1.66. The van der Waals surface area contributed by atoms with Crippen molar-refractivity contribution in [3.8, 4) is 0 Å². The van der Waals surface area contributed by atoms with Crippen molar-refractivity contribution in [3.05, 3.63) is 79.9 Å². The Hall–Kier alpha value is -4.37. The summed E-state index contributed by atoms with van der Waals surface area (Å²) in [6.07, 6.45) is 0.265. The molecule has 2 aromatic rings. The summed E-state index contributed by atoms with van der Waals surface area (Å²) >= 11 is 0. The fourth-order valence-electron chi connectivity index (χ4n) is 3.97. The molecule has 0 spiro atoms. The number of nitrogens with zero attached hydrogens (tertiary/aromatic N) is 5. The van der Waals surface area contributed by atoms with Crippen molar-refractivity contribution in [2.24, 2.45) is 5.10 Å². The van der Waals surface area contributed by atoms with E-state index >= 15 is 0 Å². The molecule has 1 aliphatic rings. The molecule has 14 nitrogen and oxygen atoms in total. The molecule has 1 saturated heterocycles. The Morgan fingerprint density at radius 2 is 1.47 bits per heavy atom. The van der Waals surface area contributed by atoms with E-state index in [2.05, 4.69) is 39.0 Å². The number of hydrazone groups is 1. The highest BCUT2D eigenvalue weighted by atomic mass is 28.4. The van der Waals surface area contributed by atoms with Crippen LogP contribution >= 0.6 is 0 Å². The second-order valence-electron chi connectivity index (χ2n) is 11.7. The van der Waals surface area contributed by atoms with Gasteiger partial charge in [0.15, 0.2) is 8.32 Å². The minimum absolute atomic E-state index is 0.0475. The number of carbonyl (C=O) groups excluding carboxylic acids is 2. The molecular formula is C28H37N5O9Si. The zero-order valence-corrected chi connectivity index (χ0v) is 26.1. The smallest absolute Gasteiger partial charge is 0.430 e. The van der Waals surface area contributed by atoms with Gasteiger partial charge in [0, 0.05) is 44.1 Å². The maximum Gasteiger partial charge on any atom is 0.430 e. The highest BCUT2D eigenvalue weighted by Gasteiger charge is 2.43. The van der Waals surface area contributed by atoms with Crippen molar-refractivity contribution in [2.75, 3.05) is 13.6 Å². The first-order valence-electron chi connectivity index (χ1n) is 13.6. The van der Waals surface area contributed by atoms with Crippen LogP contribution in [0, 0.1) is 20.2 Å². The summed E-state index contributed by atoms with van der Waals surface area (Å²) in [7, 11) is -0.758. The molecule has 232 valence electrons. The van der Waals surface area contributed by atoms with E-state index in [-0.39, 0.29) is 42.3 Å². The average molecular weight is 616 g/mol. The van der Waals surface area contributed by atoms with Crippen LogP contribution < -0.4 is 0 Å². The first kappa shape index (κ1) is 33.1. The molecular weight excluding hydrogens is 578 g/mol. The summed E-state index contributed by atoms with van der Waals surface area (Å²) < 4.78 is 17.3. The average Bonchev–Trinajstić information content (AvgIpc) is 3.34. The molecule has 0 N–H and O–H groups in total. The highest BCUT2D eigenvalue weighted by molar-refractivity contribution is 6.74. The van der Waals surface area contributed by atoms with Crippen LogP contribution in [0.25, 0.3) is 0 Å². The standard InChI is InChI=1S/C28H37N5O9Si/c1-28(2,3)43(5,6)42-25-15-24(31(17-25)27(35)41-19-21-9-13-23(14-10-21)33(38)39)16-29-30(4)26(34)40-18-20-7-11-22(12-8-20)32(36)37/h7-14,16,24-25H,15,17-19H2,1-6H3/t24-,25+/m0/s1. The van der Waals surface area contributed by atoms with Gasteiger partial charge >= 0.3 is 12.2 Å². The molecule has 2 atom stereocenters. The summed E-state index contributed by atoms with van der Waals surface area (Å²) in [5.74, 6) is 0. The van der Waals surface area contributed by atoms with E-state index in [9.17, 15) is 29.8 Å². The van der Waals surface area contributed by atoms with Crippen molar-refractivity contribution < 1.29 is 33.3 Å². The number of carbonyl (C=O) groups is 2. The number of non-ortho nitro benzene ring substituents is 2. The molecule has 1 heterocycles. The number of hydrogen-bond acceptors (Lipinski definition) is 10. The van der Waals surface area contributed by atoms with E-state index in [1.165, 1.54) is 66.7 Å². The second kappa shape index (κ2) is 13.7. The van der Waals surface area contributed by atoms with Crippen molar-refractivity contribution in [3.63, 3.8) is 0 Å². The monoisotopic (exact) mass is 615 g/mol. The second-order valence-corrected chi connectivity index (χ2v) is 16.5. The van der Waals surface area contributed by atoms with Crippen LogP contribution in [-0.2, 0) is 27.1 Å². The Morgan fingerprint density at radius 3 is 1.93 bits per heavy atom. The molecule has 1 fully saturated rings. The third-order valence-corrected chi connectivity index (χ3v) is 12.0. The number of nitro benzene ring substituents is 2. The van der Waals surface area contributed by atoms with Gasteiger partial charge in [0.05, 0.1) is 22.0 Å². The van der Waals surface area contributed by atoms with E-state index in [1.54, 1.807) is 0 Å². The molecule has 43 heavy (non-hydrogen) atoms. The maximum atomic E-state index is 13.2. The van der Waals surface area contributed by atoms with Crippen molar-refractivity contribution >= 4 is 38.1 Å². The molecule has 0 aromatic heterocycles. The quantitative estimate of drug-likeness (QED) is 0.138. The summed E-state index contributed by atoms with van der Waals surface area (Å²) in [4.78, 5) is 47.9. The summed E-state index contributed by atoms with van der Waals surface area (Å²) in [6, 6.07) is 10.8. The van der Waals surface area contributed by atoms with Gasteiger partial charge in [-0.25, -0.2) is 14.6 Å². The van der Waals surface area contributed by atoms with Gasteiger partial charge in [0.1, 0.15) is 13.2 Å². The Kier molecular flexibility index (Phi) is 10.6. The van der Waals surface area contributed by atoms with Gasteiger partial charge in [-0.2, -0.15) is 5.10 Å². The largest absolute Gasteiger partial charge is 0.445 e. The van der Waals surface area contributed by atoms with E-state index in [1.807, 2.05) is 0 Å².